The summed E-state index contributed by atoms with van der Waals surface area (Å²) in [6.07, 6.45) is 0.502. The van der Waals surface area contributed by atoms with E-state index in [1.54, 1.807) is 0 Å². The first-order chi connectivity index (χ1) is 9.15. The maximum absolute atomic E-state index is 11.3. The molecule has 0 radical (unpaired) electrons. The molecule has 1 atom stereocenters. The summed E-state index contributed by atoms with van der Waals surface area (Å²) < 4.78 is 0. The van der Waals surface area contributed by atoms with Crippen molar-refractivity contribution >= 4 is 5.97 Å². The SMILES string of the molecule is CN1CCN(N[C@@H](Cc2ccccc2)C(=O)O)CC1. The van der Waals surface area contributed by atoms with E-state index in [2.05, 4.69) is 17.4 Å². The summed E-state index contributed by atoms with van der Waals surface area (Å²) in [6, 6.07) is 9.16. The highest BCUT2D eigenvalue weighted by Crippen LogP contribution is 2.05. The molecule has 2 rings (SSSR count). The first-order valence-corrected chi connectivity index (χ1v) is 6.61. The number of benzene rings is 1. The van der Waals surface area contributed by atoms with Gasteiger partial charge in [0, 0.05) is 26.2 Å². The van der Waals surface area contributed by atoms with E-state index >= 15 is 0 Å². The first kappa shape index (κ1) is 14.0. The highest BCUT2D eigenvalue weighted by Gasteiger charge is 2.22. The van der Waals surface area contributed by atoms with Crippen molar-refractivity contribution in [3.8, 4) is 0 Å². The summed E-state index contributed by atoms with van der Waals surface area (Å²) in [4.78, 5) is 13.6. The molecular weight excluding hydrogens is 242 g/mol. The Balaban J connectivity index is 1.91. The molecule has 1 aliphatic rings. The third-order valence-electron chi connectivity index (χ3n) is 3.42. The summed E-state index contributed by atoms with van der Waals surface area (Å²) in [6.45, 7) is 3.64. The van der Waals surface area contributed by atoms with Crippen LogP contribution in [0.15, 0.2) is 30.3 Å². The van der Waals surface area contributed by atoms with Crippen LogP contribution in [-0.2, 0) is 11.2 Å². The van der Waals surface area contributed by atoms with Crippen molar-refractivity contribution in [2.24, 2.45) is 0 Å². The molecule has 5 nitrogen and oxygen atoms in total. The highest BCUT2D eigenvalue weighted by atomic mass is 16.4. The van der Waals surface area contributed by atoms with Gasteiger partial charge in [-0.2, -0.15) is 0 Å². The molecule has 1 heterocycles. The quantitative estimate of drug-likeness (QED) is 0.807. The zero-order valence-corrected chi connectivity index (χ0v) is 11.2. The van der Waals surface area contributed by atoms with Crippen molar-refractivity contribution in [1.29, 1.82) is 0 Å². The van der Waals surface area contributed by atoms with Gasteiger partial charge >= 0.3 is 5.97 Å². The Morgan fingerprint density at radius 1 is 1.26 bits per heavy atom. The number of hydrazine groups is 1. The Morgan fingerprint density at radius 3 is 2.47 bits per heavy atom. The summed E-state index contributed by atoms with van der Waals surface area (Å²) in [7, 11) is 2.08. The van der Waals surface area contributed by atoms with Gasteiger partial charge < -0.3 is 10.0 Å². The number of carboxylic acids is 1. The lowest BCUT2D eigenvalue weighted by molar-refractivity contribution is -0.141. The molecule has 2 N–H and O–H groups in total. The van der Waals surface area contributed by atoms with Crippen LogP contribution in [0.3, 0.4) is 0 Å². The van der Waals surface area contributed by atoms with Gasteiger partial charge in [-0.05, 0) is 19.0 Å². The van der Waals surface area contributed by atoms with Crippen LogP contribution in [0, 0.1) is 0 Å². The van der Waals surface area contributed by atoms with Crippen molar-refractivity contribution < 1.29 is 9.90 Å². The minimum absolute atomic E-state index is 0.502. The molecule has 0 spiro atoms. The van der Waals surface area contributed by atoms with Crippen LogP contribution in [0.2, 0.25) is 0 Å². The van der Waals surface area contributed by atoms with Crippen LogP contribution in [0.5, 0.6) is 0 Å². The van der Waals surface area contributed by atoms with E-state index in [4.69, 9.17) is 0 Å². The number of likely N-dealkylation sites (N-methyl/N-ethyl adjacent to an activating group) is 1. The van der Waals surface area contributed by atoms with Crippen LogP contribution in [0.1, 0.15) is 5.56 Å². The molecule has 0 saturated carbocycles. The molecular formula is C14H21N3O2. The second-order valence-electron chi connectivity index (χ2n) is 5.00. The molecule has 19 heavy (non-hydrogen) atoms. The normalized spacial score (nSPS) is 19.2. The third kappa shape index (κ3) is 4.31. The largest absolute Gasteiger partial charge is 0.480 e. The Labute approximate surface area is 113 Å². The average molecular weight is 263 g/mol. The minimum atomic E-state index is -0.803. The van der Waals surface area contributed by atoms with Crippen molar-refractivity contribution in [3.05, 3.63) is 35.9 Å². The van der Waals surface area contributed by atoms with Gasteiger partial charge in [-0.25, -0.2) is 10.4 Å². The van der Waals surface area contributed by atoms with E-state index in [-0.39, 0.29) is 0 Å². The van der Waals surface area contributed by atoms with E-state index < -0.39 is 12.0 Å². The van der Waals surface area contributed by atoms with Crippen molar-refractivity contribution in [2.75, 3.05) is 33.2 Å². The summed E-state index contributed by atoms with van der Waals surface area (Å²) >= 11 is 0. The molecule has 0 aromatic heterocycles. The molecule has 0 aliphatic carbocycles. The van der Waals surface area contributed by atoms with Gasteiger partial charge in [-0.1, -0.05) is 30.3 Å². The molecule has 1 fully saturated rings. The van der Waals surface area contributed by atoms with Gasteiger partial charge in [0.1, 0.15) is 6.04 Å². The van der Waals surface area contributed by atoms with Gasteiger partial charge in [0.05, 0.1) is 0 Å². The van der Waals surface area contributed by atoms with Crippen molar-refractivity contribution in [1.82, 2.24) is 15.3 Å². The molecule has 0 unspecified atom stereocenters. The third-order valence-corrected chi connectivity index (χ3v) is 3.42. The van der Waals surface area contributed by atoms with Crippen LogP contribution in [-0.4, -0.2) is 60.3 Å². The molecule has 1 aromatic carbocycles. The second kappa shape index (κ2) is 6.65. The molecule has 1 aliphatic heterocycles. The summed E-state index contributed by atoms with van der Waals surface area (Å²) in [5, 5.41) is 11.3. The number of hydrogen-bond donors (Lipinski definition) is 2. The van der Waals surface area contributed by atoms with E-state index in [0.717, 1.165) is 31.7 Å². The number of carbonyl (C=O) groups is 1. The predicted molar refractivity (Wildman–Crippen MR) is 73.8 cm³/mol. The lowest BCUT2D eigenvalue weighted by Gasteiger charge is -2.34. The average Bonchev–Trinajstić information content (AvgIpc) is 2.41. The van der Waals surface area contributed by atoms with Crippen LogP contribution >= 0.6 is 0 Å². The standard InChI is InChI=1S/C14H21N3O2/c1-16-7-9-17(10-8-16)15-13(14(18)19)11-12-5-3-2-4-6-12/h2-6,13,15H,7-11H2,1H3,(H,18,19)/t13-/m0/s1. The highest BCUT2D eigenvalue weighted by molar-refractivity contribution is 5.73. The Bertz CT molecular complexity index is 402. The zero-order valence-electron chi connectivity index (χ0n) is 11.2. The van der Waals surface area contributed by atoms with Crippen LogP contribution in [0.25, 0.3) is 0 Å². The monoisotopic (exact) mass is 263 g/mol. The maximum atomic E-state index is 11.3. The lowest BCUT2D eigenvalue weighted by atomic mass is 10.1. The number of aliphatic carboxylic acids is 1. The van der Waals surface area contributed by atoms with Gasteiger partial charge in [-0.3, -0.25) is 4.79 Å². The number of nitrogens with one attached hydrogen (secondary N) is 1. The van der Waals surface area contributed by atoms with E-state index in [1.807, 2.05) is 35.3 Å². The first-order valence-electron chi connectivity index (χ1n) is 6.61. The number of carboxylic acid groups (broad SMARTS) is 1. The van der Waals surface area contributed by atoms with Crippen LogP contribution in [0.4, 0.5) is 0 Å². The molecule has 0 bridgehead atoms. The molecule has 1 aromatic rings. The number of hydrogen-bond acceptors (Lipinski definition) is 4. The summed E-state index contributed by atoms with van der Waals surface area (Å²) in [5.74, 6) is -0.803. The van der Waals surface area contributed by atoms with Crippen molar-refractivity contribution in [2.45, 2.75) is 12.5 Å². The number of rotatable bonds is 5. The summed E-state index contributed by atoms with van der Waals surface area (Å²) in [5.41, 5.74) is 4.17. The molecule has 1 saturated heterocycles. The van der Waals surface area contributed by atoms with E-state index in [0.29, 0.717) is 6.42 Å². The lowest BCUT2D eigenvalue weighted by Crippen LogP contribution is -2.56. The predicted octanol–water partition coefficient (Wildman–Crippen LogP) is 0.434. The maximum Gasteiger partial charge on any atom is 0.322 e. The smallest absolute Gasteiger partial charge is 0.322 e. The Kier molecular flexibility index (Phi) is 4.90. The minimum Gasteiger partial charge on any atom is -0.480 e. The fourth-order valence-corrected chi connectivity index (χ4v) is 2.19. The second-order valence-corrected chi connectivity index (χ2v) is 5.00. The van der Waals surface area contributed by atoms with Gasteiger partial charge in [0.15, 0.2) is 0 Å². The van der Waals surface area contributed by atoms with Gasteiger partial charge in [-0.15, -0.1) is 0 Å². The van der Waals surface area contributed by atoms with E-state index in [1.165, 1.54) is 0 Å². The molecule has 104 valence electrons. The topological polar surface area (TPSA) is 55.8 Å². The number of piperazine rings is 1. The zero-order chi connectivity index (χ0) is 13.7. The van der Waals surface area contributed by atoms with Gasteiger partial charge in [0.2, 0.25) is 0 Å². The Morgan fingerprint density at radius 2 is 1.89 bits per heavy atom. The fourth-order valence-electron chi connectivity index (χ4n) is 2.19. The van der Waals surface area contributed by atoms with Gasteiger partial charge in [0.25, 0.3) is 0 Å². The van der Waals surface area contributed by atoms with Crippen molar-refractivity contribution in [3.63, 3.8) is 0 Å². The van der Waals surface area contributed by atoms with Crippen LogP contribution < -0.4 is 5.43 Å². The van der Waals surface area contributed by atoms with E-state index in [9.17, 15) is 9.90 Å². The molecule has 0 amide bonds. The fraction of sp³-hybridized carbons (Fsp3) is 0.500. The Hall–Kier alpha value is -1.43. The number of nitrogens with zero attached hydrogens (tertiary/aromatic N) is 2. The molecule has 5 heteroatoms.